The number of halogens is 1. The summed E-state index contributed by atoms with van der Waals surface area (Å²) in [6, 6.07) is 9.11. The van der Waals surface area contributed by atoms with Crippen LogP contribution in [-0.4, -0.2) is 23.2 Å². The molecule has 2 aromatic carbocycles. The van der Waals surface area contributed by atoms with Crippen LogP contribution in [0.25, 0.3) is 11.4 Å². The van der Waals surface area contributed by atoms with Crippen molar-refractivity contribution in [2.45, 2.75) is 51.0 Å². The van der Waals surface area contributed by atoms with Gasteiger partial charge in [-0.2, -0.15) is 0 Å². The van der Waals surface area contributed by atoms with Gasteiger partial charge in [-0.3, -0.25) is 4.72 Å². The Balaban J connectivity index is 1.69. The van der Waals surface area contributed by atoms with Gasteiger partial charge in [0.25, 0.3) is 10.0 Å². The van der Waals surface area contributed by atoms with Crippen LogP contribution in [0.5, 0.6) is 0 Å². The van der Waals surface area contributed by atoms with E-state index in [1.54, 1.807) is 18.2 Å². The van der Waals surface area contributed by atoms with E-state index in [2.05, 4.69) is 14.9 Å². The van der Waals surface area contributed by atoms with Crippen LogP contribution in [-0.2, 0) is 23.0 Å². The van der Waals surface area contributed by atoms with E-state index in [4.69, 9.17) is 0 Å². The highest BCUT2D eigenvalue weighted by Gasteiger charge is 2.21. The molecule has 3 aromatic rings. The van der Waals surface area contributed by atoms with E-state index in [1.807, 2.05) is 18.4 Å². The predicted molar refractivity (Wildman–Crippen MR) is 110 cm³/mol. The molecule has 0 unspecified atom stereocenters. The van der Waals surface area contributed by atoms with Crippen LogP contribution in [0.2, 0.25) is 0 Å². The van der Waals surface area contributed by atoms with E-state index in [-0.39, 0.29) is 16.1 Å². The molecule has 0 fully saturated rings. The molecule has 0 amide bonds. The van der Waals surface area contributed by atoms with E-state index in [0.29, 0.717) is 5.82 Å². The number of benzene rings is 2. The smallest absolute Gasteiger partial charge is 0.261 e. The summed E-state index contributed by atoms with van der Waals surface area (Å²) in [6.07, 6.45) is 3.93. The van der Waals surface area contributed by atoms with Crippen molar-refractivity contribution in [1.82, 2.24) is 14.8 Å². The van der Waals surface area contributed by atoms with Crippen LogP contribution in [0, 0.1) is 19.7 Å². The second-order valence-corrected chi connectivity index (χ2v) is 9.13. The van der Waals surface area contributed by atoms with Gasteiger partial charge in [0.05, 0.1) is 10.5 Å². The largest absolute Gasteiger partial charge is 0.311 e. The Bertz CT molecular complexity index is 1170. The maximum Gasteiger partial charge on any atom is 0.261 e. The number of aromatic nitrogens is 3. The average molecular weight is 415 g/mol. The molecule has 6 nitrogen and oxygen atoms in total. The van der Waals surface area contributed by atoms with Gasteiger partial charge >= 0.3 is 0 Å². The van der Waals surface area contributed by atoms with Crippen LogP contribution < -0.4 is 4.72 Å². The van der Waals surface area contributed by atoms with Gasteiger partial charge in [0.15, 0.2) is 5.82 Å². The van der Waals surface area contributed by atoms with Crippen molar-refractivity contribution >= 4 is 15.7 Å². The van der Waals surface area contributed by atoms with Crippen molar-refractivity contribution < 1.29 is 12.8 Å². The zero-order valence-electron chi connectivity index (χ0n) is 16.4. The fourth-order valence-electron chi connectivity index (χ4n) is 3.54. The fourth-order valence-corrected chi connectivity index (χ4v) is 4.67. The van der Waals surface area contributed by atoms with Crippen molar-refractivity contribution in [2.24, 2.45) is 0 Å². The molecular formula is C21H23FN4O2S. The molecule has 29 heavy (non-hydrogen) atoms. The first-order chi connectivity index (χ1) is 13.8. The Morgan fingerprint density at radius 2 is 1.83 bits per heavy atom. The van der Waals surface area contributed by atoms with Crippen LogP contribution in [0.3, 0.4) is 0 Å². The first kappa shape index (κ1) is 19.6. The number of hydrogen-bond donors (Lipinski definition) is 1. The summed E-state index contributed by atoms with van der Waals surface area (Å²) in [5.74, 6) is 0.822. The van der Waals surface area contributed by atoms with E-state index in [9.17, 15) is 12.8 Å². The second-order valence-electron chi connectivity index (χ2n) is 7.45. The quantitative estimate of drug-likeness (QED) is 0.693. The first-order valence-corrected chi connectivity index (χ1v) is 11.2. The molecule has 0 bridgehead atoms. The van der Waals surface area contributed by atoms with Gasteiger partial charge in [0, 0.05) is 18.7 Å². The third kappa shape index (κ3) is 3.89. The molecule has 2 heterocycles. The Morgan fingerprint density at radius 3 is 2.62 bits per heavy atom. The minimum atomic E-state index is -3.79. The van der Waals surface area contributed by atoms with Gasteiger partial charge in [0.2, 0.25) is 0 Å². The highest BCUT2D eigenvalue weighted by atomic mass is 32.2. The topological polar surface area (TPSA) is 76.9 Å². The third-order valence-electron chi connectivity index (χ3n) is 5.36. The molecule has 4 rings (SSSR count). The summed E-state index contributed by atoms with van der Waals surface area (Å²) in [7, 11) is -3.79. The molecule has 152 valence electrons. The third-order valence-corrected chi connectivity index (χ3v) is 6.74. The van der Waals surface area contributed by atoms with E-state index in [1.165, 1.54) is 18.2 Å². The number of hydrogen-bond acceptors (Lipinski definition) is 4. The molecule has 0 atom stereocenters. The molecule has 0 saturated carbocycles. The van der Waals surface area contributed by atoms with Gasteiger partial charge in [-0.15, -0.1) is 10.2 Å². The minimum Gasteiger partial charge on any atom is -0.311 e. The van der Waals surface area contributed by atoms with E-state index < -0.39 is 15.8 Å². The lowest BCUT2D eigenvalue weighted by Gasteiger charge is -2.12. The summed E-state index contributed by atoms with van der Waals surface area (Å²) in [5, 5.41) is 8.39. The van der Waals surface area contributed by atoms with Crippen molar-refractivity contribution in [3.05, 3.63) is 59.2 Å². The number of nitrogens with zero attached hydrogens (tertiary/aromatic N) is 3. The van der Waals surface area contributed by atoms with Gasteiger partial charge in [-0.1, -0.05) is 12.5 Å². The molecule has 0 saturated heterocycles. The number of aryl methyl sites for hydroxylation is 3. The number of rotatable bonds is 4. The van der Waals surface area contributed by atoms with Gasteiger partial charge in [0.1, 0.15) is 11.6 Å². The van der Waals surface area contributed by atoms with Crippen molar-refractivity contribution in [3.63, 3.8) is 0 Å². The Labute approximate surface area is 169 Å². The molecule has 1 aromatic heterocycles. The Kier molecular flexibility index (Phi) is 5.12. The van der Waals surface area contributed by atoms with Crippen LogP contribution in [0.4, 0.5) is 10.1 Å². The SMILES string of the molecule is Cc1ccc(S(=O)(=O)Nc2ccc(F)c(-c3nnc4n3CCCCC4)c2)cc1C. The lowest BCUT2D eigenvalue weighted by Crippen LogP contribution is -2.13. The molecule has 1 aliphatic rings. The van der Waals surface area contributed by atoms with Gasteiger partial charge in [-0.05, 0) is 68.1 Å². The molecular weight excluding hydrogens is 391 g/mol. The van der Waals surface area contributed by atoms with Crippen LogP contribution >= 0.6 is 0 Å². The lowest BCUT2D eigenvalue weighted by molar-refractivity contribution is 0.600. The normalized spacial score (nSPS) is 14.3. The summed E-state index contributed by atoms with van der Waals surface area (Å²) >= 11 is 0. The Hall–Kier alpha value is -2.74. The fraction of sp³-hybridized carbons (Fsp3) is 0.333. The van der Waals surface area contributed by atoms with E-state index >= 15 is 0 Å². The standard InChI is InChI=1S/C21H23FN4O2S/c1-14-7-9-17(12-15(14)2)29(27,28)25-16-8-10-19(22)18(13-16)21-24-23-20-6-4-3-5-11-26(20)21/h7-10,12-13,25H,3-6,11H2,1-2H3. The zero-order valence-corrected chi connectivity index (χ0v) is 17.3. The second kappa shape index (κ2) is 7.59. The van der Waals surface area contributed by atoms with Crippen LogP contribution in [0.1, 0.15) is 36.2 Å². The monoisotopic (exact) mass is 414 g/mol. The van der Waals surface area contributed by atoms with E-state index in [0.717, 1.165) is 49.2 Å². The highest BCUT2D eigenvalue weighted by molar-refractivity contribution is 7.92. The number of anilines is 1. The summed E-state index contributed by atoms with van der Waals surface area (Å²) in [6.45, 7) is 4.52. The molecule has 0 aliphatic carbocycles. The highest BCUT2D eigenvalue weighted by Crippen LogP contribution is 2.28. The Morgan fingerprint density at radius 1 is 1.00 bits per heavy atom. The summed E-state index contributed by atoms with van der Waals surface area (Å²) in [5.41, 5.74) is 2.43. The van der Waals surface area contributed by atoms with Crippen molar-refractivity contribution in [2.75, 3.05) is 4.72 Å². The van der Waals surface area contributed by atoms with Gasteiger partial charge in [-0.25, -0.2) is 12.8 Å². The van der Waals surface area contributed by atoms with Gasteiger partial charge < -0.3 is 4.57 Å². The lowest BCUT2D eigenvalue weighted by atomic mass is 10.1. The first-order valence-electron chi connectivity index (χ1n) is 9.67. The number of sulfonamides is 1. The summed E-state index contributed by atoms with van der Waals surface area (Å²) in [4.78, 5) is 0.169. The average Bonchev–Trinajstić information content (AvgIpc) is 2.93. The summed E-state index contributed by atoms with van der Waals surface area (Å²) < 4.78 is 44.7. The maximum absolute atomic E-state index is 14.6. The molecule has 0 spiro atoms. The van der Waals surface area contributed by atoms with Crippen molar-refractivity contribution in [3.8, 4) is 11.4 Å². The van der Waals surface area contributed by atoms with Crippen LogP contribution in [0.15, 0.2) is 41.3 Å². The molecule has 0 radical (unpaired) electrons. The number of nitrogens with one attached hydrogen (secondary N) is 1. The zero-order chi connectivity index (χ0) is 20.6. The molecule has 1 N–H and O–H groups in total. The molecule has 1 aliphatic heterocycles. The van der Waals surface area contributed by atoms with Crippen molar-refractivity contribution in [1.29, 1.82) is 0 Å². The predicted octanol–water partition coefficient (Wildman–Crippen LogP) is 4.23. The number of fused-ring (bicyclic) bond motifs is 1. The molecule has 8 heteroatoms. The maximum atomic E-state index is 14.6. The minimum absolute atomic E-state index is 0.169.